The van der Waals surface area contributed by atoms with Crippen molar-refractivity contribution in [2.75, 3.05) is 26.7 Å². The molecule has 154 valence electrons. The molecular formula is C21H32IN5O. The molecule has 7 heteroatoms. The van der Waals surface area contributed by atoms with Crippen LogP contribution in [0, 0.1) is 19.8 Å². The minimum Gasteiger partial charge on any atom is -0.493 e. The van der Waals surface area contributed by atoms with E-state index < -0.39 is 0 Å². The lowest BCUT2D eigenvalue weighted by Crippen LogP contribution is -2.40. The molecule has 1 aliphatic heterocycles. The monoisotopic (exact) mass is 497 g/mol. The zero-order chi connectivity index (χ0) is 19.2. The Labute approximate surface area is 185 Å². The number of hydrogen-bond acceptors (Lipinski definition) is 3. The van der Waals surface area contributed by atoms with E-state index in [0.29, 0.717) is 5.92 Å². The molecular weight excluding hydrogens is 465 g/mol. The van der Waals surface area contributed by atoms with Crippen molar-refractivity contribution in [3.05, 3.63) is 46.8 Å². The van der Waals surface area contributed by atoms with Crippen molar-refractivity contribution >= 4 is 29.9 Å². The second-order valence-electron chi connectivity index (χ2n) is 7.38. The molecule has 1 unspecified atom stereocenters. The van der Waals surface area contributed by atoms with Crippen LogP contribution in [0.3, 0.4) is 0 Å². The second-order valence-corrected chi connectivity index (χ2v) is 7.38. The van der Waals surface area contributed by atoms with Crippen molar-refractivity contribution < 1.29 is 4.74 Å². The minimum atomic E-state index is 0. The lowest BCUT2D eigenvalue weighted by Gasteiger charge is -2.17. The van der Waals surface area contributed by atoms with Crippen LogP contribution in [-0.2, 0) is 19.4 Å². The third kappa shape index (κ3) is 6.12. The van der Waals surface area contributed by atoms with Crippen LogP contribution < -0.4 is 15.4 Å². The van der Waals surface area contributed by atoms with Gasteiger partial charge in [0.05, 0.1) is 12.3 Å². The minimum absolute atomic E-state index is 0. The summed E-state index contributed by atoms with van der Waals surface area (Å²) < 4.78 is 7.65. The SMILES string of the molecule is CN=C(NCCc1ccc2c(c1)CCO2)NCC(C)Cn1nc(C)cc1C.I. The smallest absolute Gasteiger partial charge is 0.190 e. The average molecular weight is 497 g/mol. The van der Waals surface area contributed by atoms with Crippen LogP contribution in [0.15, 0.2) is 29.3 Å². The Bertz CT molecular complexity index is 802. The van der Waals surface area contributed by atoms with E-state index in [0.717, 1.165) is 56.5 Å². The molecule has 6 nitrogen and oxygen atoms in total. The molecule has 2 aromatic rings. The largest absolute Gasteiger partial charge is 0.493 e. The maximum Gasteiger partial charge on any atom is 0.190 e. The van der Waals surface area contributed by atoms with Crippen molar-refractivity contribution in [3.63, 3.8) is 0 Å². The molecule has 0 bridgehead atoms. The van der Waals surface area contributed by atoms with E-state index in [4.69, 9.17) is 4.74 Å². The van der Waals surface area contributed by atoms with Gasteiger partial charge in [0.2, 0.25) is 0 Å². The molecule has 28 heavy (non-hydrogen) atoms. The zero-order valence-corrected chi connectivity index (χ0v) is 19.6. The molecule has 0 amide bonds. The number of aryl methyl sites for hydroxylation is 2. The van der Waals surface area contributed by atoms with Crippen molar-refractivity contribution in [2.45, 2.75) is 40.2 Å². The number of fused-ring (bicyclic) bond motifs is 1. The van der Waals surface area contributed by atoms with Gasteiger partial charge in [-0.3, -0.25) is 9.67 Å². The molecule has 1 aromatic carbocycles. The molecule has 0 radical (unpaired) electrons. The van der Waals surface area contributed by atoms with Crippen LogP contribution in [0.4, 0.5) is 0 Å². The topological polar surface area (TPSA) is 63.5 Å². The van der Waals surface area contributed by atoms with Crippen LogP contribution >= 0.6 is 24.0 Å². The van der Waals surface area contributed by atoms with E-state index in [9.17, 15) is 0 Å². The van der Waals surface area contributed by atoms with E-state index in [1.165, 1.54) is 16.8 Å². The molecule has 0 spiro atoms. The summed E-state index contributed by atoms with van der Waals surface area (Å²) in [5.41, 5.74) is 4.94. The maximum absolute atomic E-state index is 5.57. The second kappa shape index (κ2) is 10.7. The van der Waals surface area contributed by atoms with Gasteiger partial charge in [0, 0.05) is 38.8 Å². The number of guanidine groups is 1. The summed E-state index contributed by atoms with van der Waals surface area (Å²) in [6.07, 6.45) is 1.99. The Morgan fingerprint density at radius 1 is 1.29 bits per heavy atom. The molecule has 1 aliphatic rings. The summed E-state index contributed by atoms with van der Waals surface area (Å²) >= 11 is 0. The van der Waals surface area contributed by atoms with E-state index in [-0.39, 0.29) is 24.0 Å². The van der Waals surface area contributed by atoms with Gasteiger partial charge in [-0.2, -0.15) is 5.10 Å². The molecule has 0 aliphatic carbocycles. The summed E-state index contributed by atoms with van der Waals surface area (Å²) in [4.78, 5) is 4.33. The molecule has 2 heterocycles. The van der Waals surface area contributed by atoms with E-state index in [1.54, 1.807) is 0 Å². The first-order chi connectivity index (χ1) is 13.0. The Morgan fingerprint density at radius 2 is 2.11 bits per heavy atom. The van der Waals surface area contributed by atoms with Crippen LogP contribution in [-0.4, -0.2) is 42.5 Å². The first-order valence-corrected chi connectivity index (χ1v) is 9.75. The number of nitrogens with one attached hydrogen (secondary N) is 2. The van der Waals surface area contributed by atoms with Gasteiger partial charge >= 0.3 is 0 Å². The molecule has 3 rings (SSSR count). The highest BCUT2D eigenvalue weighted by atomic mass is 127. The van der Waals surface area contributed by atoms with Crippen molar-refractivity contribution in [2.24, 2.45) is 10.9 Å². The van der Waals surface area contributed by atoms with Gasteiger partial charge in [0.15, 0.2) is 5.96 Å². The Kier molecular flexibility index (Phi) is 8.59. The summed E-state index contributed by atoms with van der Waals surface area (Å²) in [5.74, 6) is 2.35. The number of halogens is 1. The number of rotatable bonds is 7. The average Bonchev–Trinajstić information content (AvgIpc) is 3.23. The predicted molar refractivity (Wildman–Crippen MR) is 125 cm³/mol. The normalized spacial score (nSPS) is 14.1. The van der Waals surface area contributed by atoms with Crippen molar-refractivity contribution in [3.8, 4) is 5.75 Å². The molecule has 0 saturated carbocycles. The van der Waals surface area contributed by atoms with Crippen LogP contribution in [0.5, 0.6) is 5.75 Å². The van der Waals surface area contributed by atoms with Crippen LogP contribution in [0.25, 0.3) is 0 Å². The molecule has 2 N–H and O–H groups in total. The maximum atomic E-state index is 5.57. The lowest BCUT2D eigenvalue weighted by molar-refractivity contribution is 0.357. The third-order valence-electron chi connectivity index (χ3n) is 4.89. The third-order valence-corrected chi connectivity index (χ3v) is 4.89. The van der Waals surface area contributed by atoms with Gasteiger partial charge in [-0.15, -0.1) is 24.0 Å². The van der Waals surface area contributed by atoms with E-state index in [1.807, 2.05) is 14.0 Å². The van der Waals surface area contributed by atoms with Gasteiger partial charge in [-0.1, -0.05) is 19.1 Å². The van der Waals surface area contributed by atoms with Gasteiger partial charge < -0.3 is 15.4 Å². The number of aromatic nitrogens is 2. The first-order valence-electron chi connectivity index (χ1n) is 9.75. The predicted octanol–water partition coefficient (Wildman–Crippen LogP) is 3.10. The van der Waals surface area contributed by atoms with E-state index in [2.05, 4.69) is 63.5 Å². The summed E-state index contributed by atoms with van der Waals surface area (Å²) in [6.45, 7) is 9.78. The summed E-state index contributed by atoms with van der Waals surface area (Å²) in [6, 6.07) is 8.62. The standard InChI is InChI=1S/C21H31N5O.HI/c1-15(14-26-17(3)11-16(2)25-26)13-24-21(22-4)23-9-7-18-5-6-20-19(12-18)8-10-27-20;/h5-6,11-12,15H,7-10,13-14H2,1-4H3,(H2,22,23,24);1H. The summed E-state index contributed by atoms with van der Waals surface area (Å²) in [5, 5.41) is 11.4. The lowest BCUT2D eigenvalue weighted by atomic mass is 10.1. The molecule has 0 saturated heterocycles. The van der Waals surface area contributed by atoms with Crippen molar-refractivity contribution in [1.82, 2.24) is 20.4 Å². The number of aliphatic imine (C=N–C) groups is 1. The quantitative estimate of drug-likeness (QED) is 0.351. The first kappa shape index (κ1) is 22.5. The Balaban J connectivity index is 0.00000280. The number of nitrogens with zero attached hydrogens (tertiary/aromatic N) is 3. The fourth-order valence-corrected chi connectivity index (χ4v) is 3.43. The van der Waals surface area contributed by atoms with Gasteiger partial charge in [0.1, 0.15) is 5.75 Å². The van der Waals surface area contributed by atoms with Gasteiger partial charge in [0.25, 0.3) is 0 Å². The van der Waals surface area contributed by atoms with Crippen LogP contribution in [0.2, 0.25) is 0 Å². The zero-order valence-electron chi connectivity index (χ0n) is 17.3. The number of hydrogen-bond donors (Lipinski definition) is 2. The molecule has 1 atom stereocenters. The van der Waals surface area contributed by atoms with Gasteiger partial charge in [-0.25, -0.2) is 0 Å². The fourth-order valence-electron chi connectivity index (χ4n) is 3.43. The highest BCUT2D eigenvalue weighted by Crippen LogP contribution is 2.25. The number of ether oxygens (including phenoxy) is 1. The Morgan fingerprint density at radius 3 is 2.82 bits per heavy atom. The molecule has 1 aromatic heterocycles. The fraction of sp³-hybridized carbons (Fsp3) is 0.524. The summed E-state index contributed by atoms with van der Waals surface area (Å²) in [7, 11) is 1.81. The van der Waals surface area contributed by atoms with E-state index >= 15 is 0 Å². The highest BCUT2D eigenvalue weighted by Gasteiger charge is 2.12. The van der Waals surface area contributed by atoms with Gasteiger partial charge in [-0.05, 0) is 49.4 Å². The Hall–Kier alpha value is -1.77. The van der Waals surface area contributed by atoms with Crippen LogP contribution in [0.1, 0.15) is 29.4 Å². The molecule has 0 fully saturated rings. The number of benzene rings is 1. The van der Waals surface area contributed by atoms with Crippen molar-refractivity contribution in [1.29, 1.82) is 0 Å². The highest BCUT2D eigenvalue weighted by molar-refractivity contribution is 14.0.